The minimum Gasteiger partial charge on any atom is -0.496 e. The summed E-state index contributed by atoms with van der Waals surface area (Å²) < 4.78 is 30.6. The van der Waals surface area contributed by atoms with Crippen molar-refractivity contribution >= 4 is 16.0 Å². The number of benzene rings is 1. The number of aryl methyl sites for hydroxylation is 1. The van der Waals surface area contributed by atoms with Crippen LogP contribution in [0.25, 0.3) is 0 Å². The van der Waals surface area contributed by atoms with Crippen molar-refractivity contribution in [3.63, 3.8) is 0 Å². The second-order valence-corrected chi connectivity index (χ2v) is 8.09. The smallest absolute Gasteiger partial charge is 0.214 e. The van der Waals surface area contributed by atoms with Crippen LogP contribution in [0.5, 0.6) is 5.75 Å². The van der Waals surface area contributed by atoms with Crippen molar-refractivity contribution in [2.45, 2.75) is 26.8 Å². The summed E-state index contributed by atoms with van der Waals surface area (Å²) in [5, 5.41) is 6.37. The van der Waals surface area contributed by atoms with Crippen LogP contribution in [-0.2, 0) is 16.6 Å². The van der Waals surface area contributed by atoms with E-state index in [2.05, 4.69) is 15.6 Å². The van der Waals surface area contributed by atoms with Crippen molar-refractivity contribution in [3.8, 4) is 5.75 Å². The molecule has 1 aromatic rings. The zero-order chi connectivity index (χ0) is 18.3. The number of hydrogen-bond acceptors (Lipinski definition) is 4. The molecule has 2 N–H and O–H groups in total. The number of hydrogen-bond donors (Lipinski definition) is 2. The average Bonchev–Trinajstić information content (AvgIpc) is 2.91. The van der Waals surface area contributed by atoms with Crippen molar-refractivity contribution in [2.75, 3.05) is 39.0 Å². The maximum absolute atomic E-state index is 11.8. The van der Waals surface area contributed by atoms with E-state index in [-0.39, 0.29) is 5.75 Å². The lowest BCUT2D eigenvalue weighted by atomic mass is 10.1. The number of sulfonamides is 1. The van der Waals surface area contributed by atoms with Crippen LogP contribution in [0, 0.1) is 6.92 Å². The van der Waals surface area contributed by atoms with Crippen LogP contribution in [0.2, 0.25) is 0 Å². The fraction of sp³-hybridized carbons (Fsp3) is 0.588. The normalized spacial score (nSPS) is 17.5. The molecular formula is C17H28N4O3S. The standard InChI is InChI=1S/C17H28N4O3S/c1-4-18-17(19-8-10-21-9-5-11-25(21,22)23)20-13-15-7-6-14(2)12-16(15)24-3/h6-7,12H,4-5,8-11,13H2,1-3H3,(H2,18,19,20). The number of nitrogens with one attached hydrogen (secondary N) is 2. The zero-order valence-electron chi connectivity index (χ0n) is 15.2. The minimum atomic E-state index is -3.05. The van der Waals surface area contributed by atoms with Crippen molar-refractivity contribution in [1.29, 1.82) is 0 Å². The van der Waals surface area contributed by atoms with E-state index in [1.54, 1.807) is 7.11 Å². The predicted molar refractivity (Wildman–Crippen MR) is 101 cm³/mol. The van der Waals surface area contributed by atoms with E-state index >= 15 is 0 Å². The molecule has 7 nitrogen and oxygen atoms in total. The molecule has 140 valence electrons. The Hall–Kier alpha value is -1.80. The monoisotopic (exact) mass is 368 g/mol. The third-order valence-electron chi connectivity index (χ3n) is 4.05. The van der Waals surface area contributed by atoms with Crippen LogP contribution in [0.4, 0.5) is 0 Å². The first-order valence-electron chi connectivity index (χ1n) is 8.60. The van der Waals surface area contributed by atoms with Gasteiger partial charge in [-0.1, -0.05) is 12.1 Å². The van der Waals surface area contributed by atoms with Crippen LogP contribution in [0.3, 0.4) is 0 Å². The molecule has 1 saturated heterocycles. The number of guanidine groups is 1. The van der Waals surface area contributed by atoms with E-state index < -0.39 is 10.0 Å². The highest BCUT2D eigenvalue weighted by Gasteiger charge is 2.27. The van der Waals surface area contributed by atoms with Gasteiger partial charge in [-0.2, -0.15) is 0 Å². The Morgan fingerprint density at radius 3 is 2.80 bits per heavy atom. The topological polar surface area (TPSA) is 83.0 Å². The highest BCUT2D eigenvalue weighted by Crippen LogP contribution is 2.20. The van der Waals surface area contributed by atoms with E-state index in [1.807, 2.05) is 32.0 Å². The fourth-order valence-electron chi connectivity index (χ4n) is 2.73. The number of ether oxygens (including phenoxy) is 1. The molecule has 1 aliphatic heterocycles. The summed E-state index contributed by atoms with van der Waals surface area (Å²) in [6.07, 6.45) is 0.712. The molecule has 1 heterocycles. The summed E-state index contributed by atoms with van der Waals surface area (Å²) >= 11 is 0. The molecule has 25 heavy (non-hydrogen) atoms. The summed E-state index contributed by atoms with van der Waals surface area (Å²) in [5.41, 5.74) is 2.15. The van der Waals surface area contributed by atoms with E-state index in [1.165, 1.54) is 4.31 Å². The molecule has 1 aliphatic rings. The molecule has 8 heteroatoms. The van der Waals surface area contributed by atoms with Gasteiger partial charge in [-0.15, -0.1) is 0 Å². The molecule has 1 aromatic carbocycles. The van der Waals surface area contributed by atoms with Crippen molar-refractivity contribution in [3.05, 3.63) is 29.3 Å². The lowest BCUT2D eigenvalue weighted by molar-refractivity contribution is 0.409. The number of rotatable bonds is 7. The van der Waals surface area contributed by atoms with Crippen LogP contribution < -0.4 is 15.4 Å². The fourth-order valence-corrected chi connectivity index (χ4v) is 4.26. The largest absolute Gasteiger partial charge is 0.496 e. The van der Waals surface area contributed by atoms with Gasteiger partial charge in [0.1, 0.15) is 5.75 Å². The Bertz CT molecular complexity index is 704. The predicted octanol–water partition coefficient (Wildman–Crippen LogP) is 1.09. The molecule has 0 spiro atoms. The van der Waals surface area contributed by atoms with Gasteiger partial charge < -0.3 is 15.4 Å². The first-order chi connectivity index (χ1) is 12.0. The Balaban J connectivity index is 1.94. The molecular weight excluding hydrogens is 340 g/mol. The summed E-state index contributed by atoms with van der Waals surface area (Å²) in [4.78, 5) is 4.57. The molecule has 0 saturated carbocycles. The maximum Gasteiger partial charge on any atom is 0.214 e. The molecule has 0 bridgehead atoms. The molecule has 0 aliphatic carbocycles. The summed E-state index contributed by atoms with van der Waals surface area (Å²) in [6.45, 7) is 6.83. The summed E-state index contributed by atoms with van der Waals surface area (Å²) in [6, 6.07) is 6.04. The third-order valence-corrected chi connectivity index (χ3v) is 6.01. The average molecular weight is 369 g/mol. The lowest BCUT2D eigenvalue weighted by Crippen LogP contribution is -2.42. The van der Waals surface area contributed by atoms with Gasteiger partial charge in [0.15, 0.2) is 5.96 Å². The van der Waals surface area contributed by atoms with Gasteiger partial charge in [-0.3, -0.25) is 0 Å². The van der Waals surface area contributed by atoms with Crippen LogP contribution >= 0.6 is 0 Å². The number of nitrogens with zero attached hydrogens (tertiary/aromatic N) is 2. The highest BCUT2D eigenvalue weighted by molar-refractivity contribution is 7.89. The third kappa shape index (κ3) is 5.61. The molecule has 0 radical (unpaired) electrons. The molecule has 0 amide bonds. The second kappa shape index (κ2) is 9.05. The van der Waals surface area contributed by atoms with E-state index in [9.17, 15) is 8.42 Å². The van der Waals surface area contributed by atoms with Gasteiger partial charge in [0.2, 0.25) is 10.0 Å². The molecule has 0 aromatic heterocycles. The molecule has 2 rings (SSSR count). The van der Waals surface area contributed by atoms with Gasteiger partial charge in [-0.25, -0.2) is 17.7 Å². The van der Waals surface area contributed by atoms with E-state index in [4.69, 9.17) is 4.74 Å². The molecule has 1 fully saturated rings. The van der Waals surface area contributed by atoms with Crippen molar-refractivity contribution in [2.24, 2.45) is 4.99 Å². The Morgan fingerprint density at radius 1 is 1.36 bits per heavy atom. The maximum atomic E-state index is 11.8. The van der Waals surface area contributed by atoms with Crippen LogP contribution in [-0.4, -0.2) is 57.7 Å². The zero-order valence-corrected chi connectivity index (χ0v) is 16.0. The van der Waals surface area contributed by atoms with Gasteiger partial charge in [-0.05, 0) is 31.9 Å². The number of aliphatic imine (C=N–C) groups is 1. The van der Waals surface area contributed by atoms with Gasteiger partial charge >= 0.3 is 0 Å². The molecule has 0 unspecified atom stereocenters. The Kier molecular flexibility index (Phi) is 7.07. The quantitative estimate of drug-likeness (QED) is 0.556. The van der Waals surface area contributed by atoms with Gasteiger partial charge in [0.05, 0.1) is 19.4 Å². The first-order valence-corrected chi connectivity index (χ1v) is 10.2. The van der Waals surface area contributed by atoms with Gasteiger partial charge in [0.25, 0.3) is 0 Å². The highest BCUT2D eigenvalue weighted by atomic mass is 32.2. The van der Waals surface area contributed by atoms with Crippen LogP contribution in [0.1, 0.15) is 24.5 Å². The van der Waals surface area contributed by atoms with E-state index in [0.29, 0.717) is 38.6 Å². The Labute approximate surface area is 150 Å². The lowest BCUT2D eigenvalue weighted by Gasteiger charge is -2.16. The number of methoxy groups -OCH3 is 1. The first kappa shape index (κ1) is 19.5. The van der Waals surface area contributed by atoms with Crippen molar-refractivity contribution in [1.82, 2.24) is 14.9 Å². The Morgan fingerprint density at radius 2 is 2.16 bits per heavy atom. The summed E-state index contributed by atoms with van der Waals surface area (Å²) in [5.74, 6) is 1.75. The second-order valence-electron chi connectivity index (χ2n) is 6.01. The minimum absolute atomic E-state index is 0.258. The van der Waals surface area contributed by atoms with E-state index in [0.717, 1.165) is 23.4 Å². The summed E-state index contributed by atoms with van der Waals surface area (Å²) in [7, 11) is -1.39. The molecule has 0 atom stereocenters. The SMILES string of the molecule is CCNC(=NCc1ccc(C)cc1OC)NCCN1CCCS1(=O)=O. The van der Waals surface area contributed by atoms with Gasteiger partial charge in [0, 0.05) is 31.7 Å². The van der Waals surface area contributed by atoms with Crippen LogP contribution in [0.15, 0.2) is 23.2 Å². The van der Waals surface area contributed by atoms with Crippen molar-refractivity contribution < 1.29 is 13.2 Å².